The summed E-state index contributed by atoms with van der Waals surface area (Å²) in [5.41, 5.74) is 2.80. The van der Waals surface area contributed by atoms with Crippen molar-refractivity contribution in [1.82, 2.24) is 4.90 Å². The number of carbonyl (C=O) groups is 3. The minimum atomic E-state index is -1.07. The number of carboxylic acids is 1. The number of carbonyl (C=O) groups excluding carboxylic acids is 2. The first-order valence-electron chi connectivity index (χ1n) is 11.9. The number of allylic oxidation sites excluding steroid dienone is 1. The van der Waals surface area contributed by atoms with E-state index in [0.29, 0.717) is 34.1 Å². The van der Waals surface area contributed by atoms with Crippen molar-refractivity contribution in [2.45, 2.75) is 19.0 Å². The lowest BCUT2D eigenvalue weighted by atomic mass is 9.94. The van der Waals surface area contributed by atoms with Crippen molar-refractivity contribution < 1.29 is 38.4 Å². The van der Waals surface area contributed by atoms with E-state index in [-0.39, 0.29) is 31.1 Å². The Morgan fingerprint density at radius 2 is 1.84 bits per heavy atom. The van der Waals surface area contributed by atoms with Gasteiger partial charge in [0.15, 0.2) is 23.9 Å². The van der Waals surface area contributed by atoms with Gasteiger partial charge in [-0.05, 0) is 35.4 Å². The van der Waals surface area contributed by atoms with E-state index in [1.807, 2.05) is 24.3 Å². The third kappa shape index (κ3) is 4.66. The van der Waals surface area contributed by atoms with Crippen LogP contribution < -0.4 is 18.9 Å². The summed E-state index contributed by atoms with van der Waals surface area (Å²) in [4.78, 5) is 39.1. The fourth-order valence-electron chi connectivity index (χ4n) is 4.66. The number of methoxy groups -OCH3 is 2. The molecule has 1 atom stereocenters. The van der Waals surface area contributed by atoms with Gasteiger partial charge in [0.25, 0.3) is 5.91 Å². The molecule has 0 saturated carbocycles. The van der Waals surface area contributed by atoms with E-state index in [1.54, 1.807) is 36.4 Å². The van der Waals surface area contributed by atoms with Crippen molar-refractivity contribution in [3.63, 3.8) is 0 Å². The average molecular weight is 516 g/mol. The average Bonchev–Trinajstić information content (AvgIpc) is 3.24. The molecule has 38 heavy (non-hydrogen) atoms. The second-order valence-electron chi connectivity index (χ2n) is 8.82. The summed E-state index contributed by atoms with van der Waals surface area (Å²) in [6.45, 7) is -0.165. The molecule has 194 valence electrons. The number of fused-ring (bicyclic) bond motifs is 2. The lowest BCUT2D eigenvalue weighted by Crippen LogP contribution is -2.50. The third-order valence-corrected chi connectivity index (χ3v) is 6.58. The van der Waals surface area contributed by atoms with Gasteiger partial charge in [-0.1, -0.05) is 36.4 Å². The Labute approximate surface area is 218 Å². The monoisotopic (exact) mass is 515 g/mol. The van der Waals surface area contributed by atoms with Gasteiger partial charge in [0.2, 0.25) is 5.78 Å². The summed E-state index contributed by atoms with van der Waals surface area (Å²) in [7, 11) is 3.04. The molecule has 2 aliphatic rings. The van der Waals surface area contributed by atoms with Crippen LogP contribution in [0.2, 0.25) is 0 Å². The summed E-state index contributed by atoms with van der Waals surface area (Å²) < 4.78 is 22.2. The van der Waals surface area contributed by atoms with Crippen LogP contribution >= 0.6 is 0 Å². The first-order valence-corrected chi connectivity index (χ1v) is 11.9. The van der Waals surface area contributed by atoms with Crippen LogP contribution in [0.5, 0.6) is 23.0 Å². The molecule has 0 radical (unpaired) electrons. The van der Waals surface area contributed by atoms with E-state index < -0.39 is 17.9 Å². The van der Waals surface area contributed by atoms with E-state index in [9.17, 15) is 19.5 Å². The van der Waals surface area contributed by atoms with E-state index in [1.165, 1.54) is 25.2 Å². The van der Waals surface area contributed by atoms with Gasteiger partial charge in [-0.3, -0.25) is 9.59 Å². The highest BCUT2D eigenvalue weighted by Crippen LogP contribution is 2.37. The zero-order valence-electron chi connectivity index (χ0n) is 20.8. The molecule has 2 heterocycles. The van der Waals surface area contributed by atoms with E-state index in [4.69, 9.17) is 18.9 Å². The maximum atomic E-state index is 13.0. The number of Topliss-reactive ketones (excluding diaryl/α,β-unsaturated/α-hetero) is 1. The lowest BCUT2D eigenvalue weighted by molar-refractivity contribution is -0.152. The predicted molar refractivity (Wildman–Crippen MR) is 137 cm³/mol. The van der Waals surface area contributed by atoms with Crippen molar-refractivity contribution in [2.75, 3.05) is 20.8 Å². The standard InChI is InChI=1S/C29H25NO8/c1-35-23-9-5-8-18(28(23)36-2)13-25-27(32)21-11-10-20(14-24(21)38-25)37-16-26(31)30-15-19-7-4-3-6-17(19)12-22(30)29(33)34/h3-11,13-14,22H,12,15-16H2,1-2H3,(H,33,34). The zero-order chi connectivity index (χ0) is 26.8. The molecular weight excluding hydrogens is 490 g/mol. The summed E-state index contributed by atoms with van der Waals surface area (Å²) in [5.74, 6) is -0.109. The summed E-state index contributed by atoms with van der Waals surface area (Å²) in [6, 6.07) is 16.5. The van der Waals surface area contributed by atoms with Gasteiger partial charge in [0.1, 0.15) is 17.5 Å². The molecule has 9 nitrogen and oxygen atoms in total. The number of carboxylic acid groups (broad SMARTS) is 1. The normalized spacial score (nSPS) is 16.9. The zero-order valence-corrected chi connectivity index (χ0v) is 20.8. The fourth-order valence-corrected chi connectivity index (χ4v) is 4.66. The van der Waals surface area contributed by atoms with Crippen molar-refractivity contribution >= 4 is 23.7 Å². The Balaban J connectivity index is 1.30. The Kier molecular flexibility index (Phi) is 6.74. The molecule has 3 aromatic carbocycles. The maximum Gasteiger partial charge on any atom is 0.326 e. The van der Waals surface area contributed by atoms with Crippen LogP contribution in [0, 0.1) is 0 Å². The molecule has 0 bridgehead atoms. The molecule has 0 aromatic heterocycles. The van der Waals surface area contributed by atoms with E-state index >= 15 is 0 Å². The topological polar surface area (TPSA) is 112 Å². The molecule has 0 aliphatic carbocycles. The molecule has 0 saturated heterocycles. The molecule has 1 N–H and O–H groups in total. The van der Waals surface area contributed by atoms with Crippen molar-refractivity contribution in [3.8, 4) is 23.0 Å². The first-order chi connectivity index (χ1) is 18.4. The number of nitrogens with zero attached hydrogens (tertiary/aromatic N) is 1. The van der Waals surface area contributed by atoms with Gasteiger partial charge in [0, 0.05) is 24.6 Å². The number of hydrogen-bond acceptors (Lipinski definition) is 7. The van der Waals surface area contributed by atoms with Gasteiger partial charge < -0.3 is 29.0 Å². The SMILES string of the molecule is COc1cccc(C=C2Oc3cc(OCC(=O)N4Cc5ccccc5CC4C(=O)O)ccc3C2=O)c1OC. The number of ether oxygens (including phenoxy) is 4. The summed E-state index contributed by atoms with van der Waals surface area (Å²) in [5, 5.41) is 9.69. The Morgan fingerprint density at radius 3 is 2.58 bits per heavy atom. The van der Waals surface area contributed by atoms with Crippen LogP contribution in [0.4, 0.5) is 0 Å². The highest BCUT2D eigenvalue weighted by atomic mass is 16.5. The Morgan fingerprint density at radius 1 is 1.05 bits per heavy atom. The number of amides is 1. The second kappa shape index (κ2) is 10.3. The van der Waals surface area contributed by atoms with E-state index in [0.717, 1.165) is 11.1 Å². The summed E-state index contributed by atoms with van der Waals surface area (Å²) in [6.07, 6.45) is 1.81. The smallest absolute Gasteiger partial charge is 0.326 e. The highest BCUT2D eigenvalue weighted by Gasteiger charge is 2.35. The quantitative estimate of drug-likeness (QED) is 0.474. The number of ketones is 1. The third-order valence-electron chi connectivity index (χ3n) is 6.58. The van der Waals surface area contributed by atoms with Crippen LogP contribution in [0.3, 0.4) is 0 Å². The largest absolute Gasteiger partial charge is 0.493 e. The minimum Gasteiger partial charge on any atom is -0.493 e. The number of benzene rings is 3. The van der Waals surface area contributed by atoms with Crippen LogP contribution in [0.1, 0.15) is 27.0 Å². The van der Waals surface area contributed by atoms with Crippen LogP contribution in [-0.4, -0.2) is 54.5 Å². The number of aliphatic carboxylic acids is 1. The molecule has 2 aliphatic heterocycles. The molecule has 0 spiro atoms. The molecule has 9 heteroatoms. The van der Waals surface area contributed by atoms with Gasteiger partial charge in [-0.15, -0.1) is 0 Å². The molecule has 3 aromatic rings. The van der Waals surface area contributed by atoms with Crippen molar-refractivity contribution in [3.05, 3.63) is 88.7 Å². The van der Waals surface area contributed by atoms with Crippen LogP contribution in [0.25, 0.3) is 6.08 Å². The van der Waals surface area contributed by atoms with Crippen molar-refractivity contribution in [1.29, 1.82) is 0 Å². The Hall–Kier alpha value is -4.79. The highest BCUT2D eigenvalue weighted by molar-refractivity contribution is 6.14. The molecule has 1 amide bonds. The first kappa shape index (κ1) is 24.9. The summed E-state index contributed by atoms with van der Waals surface area (Å²) >= 11 is 0. The fraction of sp³-hybridized carbons (Fsp3) is 0.207. The number of hydrogen-bond donors (Lipinski definition) is 1. The lowest BCUT2D eigenvalue weighted by Gasteiger charge is -2.34. The molecule has 1 unspecified atom stereocenters. The molecule has 0 fully saturated rings. The van der Waals surface area contributed by atoms with Gasteiger partial charge >= 0.3 is 5.97 Å². The number of rotatable bonds is 7. The predicted octanol–water partition coefficient (Wildman–Crippen LogP) is 3.74. The van der Waals surface area contributed by atoms with Crippen LogP contribution in [-0.2, 0) is 22.6 Å². The van der Waals surface area contributed by atoms with Gasteiger partial charge in [-0.2, -0.15) is 0 Å². The minimum absolute atomic E-state index is 0.107. The Bertz CT molecular complexity index is 1460. The van der Waals surface area contributed by atoms with E-state index in [2.05, 4.69) is 0 Å². The molecular formula is C29H25NO8. The molecule has 5 rings (SSSR count). The van der Waals surface area contributed by atoms with Gasteiger partial charge in [-0.25, -0.2) is 4.79 Å². The van der Waals surface area contributed by atoms with Crippen LogP contribution in [0.15, 0.2) is 66.4 Å². The number of para-hydroxylation sites is 1. The van der Waals surface area contributed by atoms with Gasteiger partial charge in [0.05, 0.1) is 19.8 Å². The second-order valence-corrected chi connectivity index (χ2v) is 8.82. The maximum absolute atomic E-state index is 13.0. The van der Waals surface area contributed by atoms with Crippen molar-refractivity contribution in [2.24, 2.45) is 0 Å².